The van der Waals surface area contributed by atoms with Crippen LogP contribution in [0.4, 0.5) is 0 Å². The number of aliphatic hydroxyl groups excluding tert-OH is 1. The van der Waals surface area contributed by atoms with E-state index in [1.54, 1.807) is 6.20 Å². The van der Waals surface area contributed by atoms with Crippen molar-refractivity contribution in [3.63, 3.8) is 0 Å². The van der Waals surface area contributed by atoms with E-state index in [0.717, 1.165) is 16.6 Å². The largest absolute Gasteiger partial charge is 0.393 e. The van der Waals surface area contributed by atoms with Crippen molar-refractivity contribution in [1.29, 1.82) is 0 Å². The van der Waals surface area contributed by atoms with Crippen LogP contribution in [0.5, 0.6) is 0 Å². The minimum absolute atomic E-state index is 0.0712. The van der Waals surface area contributed by atoms with E-state index < -0.39 is 0 Å². The van der Waals surface area contributed by atoms with E-state index in [1.165, 1.54) is 0 Å². The highest BCUT2D eigenvalue weighted by molar-refractivity contribution is 9.10. The fourth-order valence-corrected chi connectivity index (χ4v) is 2.89. The summed E-state index contributed by atoms with van der Waals surface area (Å²) in [5, 5.41) is 13.6. The Hall–Kier alpha value is -0.350. The maximum Gasteiger partial charge on any atom is 0.0635 e. The average molecular weight is 261 g/mol. The lowest BCUT2D eigenvalue weighted by Gasteiger charge is -2.26. The van der Waals surface area contributed by atoms with Gasteiger partial charge in [-0.3, -0.25) is 4.68 Å². The standard InChI is InChI=1S/C10H17BrN2O/c1-7(14)5-10(2,3)9-8(11)6-12-13(9)4/h6-7,14H,5H2,1-4H3. The van der Waals surface area contributed by atoms with Gasteiger partial charge in [-0.2, -0.15) is 5.10 Å². The van der Waals surface area contributed by atoms with Crippen LogP contribution in [0.15, 0.2) is 10.7 Å². The molecule has 14 heavy (non-hydrogen) atoms. The third kappa shape index (κ3) is 2.36. The second-order valence-corrected chi connectivity index (χ2v) is 5.26. The molecule has 1 atom stereocenters. The van der Waals surface area contributed by atoms with Gasteiger partial charge < -0.3 is 5.11 Å². The van der Waals surface area contributed by atoms with Crippen LogP contribution in [0, 0.1) is 0 Å². The second-order valence-electron chi connectivity index (χ2n) is 4.40. The zero-order chi connectivity index (χ0) is 10.9. The highest BCUT2D eigenvalue weighted by Crippen LogP contribution is 2.33. The number of halogens is 1. The summed E-state index contributed by atoms with van der Waals surface area (Å²) in [5.41, 5.74) is 1.05. The van der Waals surface area contributed by atoms with Gasteiger partial charge in [0.25, 0.3) is 0 Å². The predicted molar refractivity (Wildman–Crippen MR) is 60.2 cm³/mol. The minimum atomic E-state index is -0.299. The zero-order valence-corrected chi connectivity index (χ0v) is 10.7. The van der Waals surface area contributed by atoms with Crippen LogP contribution in [-0.4, -0.2) is 21.0 Å². The Morgan fingerprint density at radius 3 is 2.57 bits per heavy atom. The van der Waals surface area contributed by atoms with Crippen LogP contribution < -0.4 is 0 Å². The molecule has 4 heteroatoms. The summed E-state index contributed by atoms with van der Waals surface area (Å²) in [6, 6.07) is 0. The van der Waals surface area contributed by atoms with Crippen LogP contribution in [0.3, 0.4) is 0 Å². The van der Waals surface area contributed by atoms with E-state index >= 15 is 0 Å². The summed E-state index contributed by atoms with van der Waals surface area (Å²) in [6.45, 7) is 6.04. The van der Waals surface area contributed by atoms with Gasteiger partial charge in [0.15, 0.2) is 0 Å². The Bertz CT molecular complexity index is 298. The summed E-state index contributed by atoms with van der Waals surface area (Å²) >= 11 is 3.48. The van der Waals surface area contributed by atoms with Gasteiger partial charge in [0, 0.05) is 12.5 Å². The Labute approximate surface area is 93.3 Å². The highest BCUT2D eigenvalue weighted by Gasteiger charge is 2.28. The van der Waals surface area contributed by atoms with Crippen molar-refractivity contribution < 1.29 is 5.11 Å². The molecule has 1 heterocycles. The molecule has 0 bridgehead atoms. The first-order valence-electron chi connectivity index (χ1n) is 4.70. The molecule has 0 aromatic carbocycles. The first-order valence-corrected chi connectivity index (χ1v) is 5.50. The summed E-state index contributed by atoms with van der Waals surface area (Å²) < 4.78 is 2.86. The Morgan fingerprint density at radius 2 is 2.21 bits per heavy atom. The van der Waals surface area contributed by atoms with Gasteiger partial charge in [0.2, 0.25) is 0 Å². The summed E-state index contributed by atoms with van der Waals surface area (Å²) in [5.74, 6) is 0. The molecule has 0 radical (unpaired) electrons. The molecule has 0 saturated carbocycles. The van der Waals surface area contributed by atoms with Gasteiger partial charge in [0.05, 0.1) is 22.5 Å². The molecule has 1 aromatic rings. The molecule has 0 aliphatic heterocycles. The number of aromatic nitrogens is 2. The SMILES string of the molecule is CC(O)CC(C)(C)c1c(Br)cnn1C. The lowest BCUT2D eigenvalue weighted by atomic mass is 9.83. The van der Waals surface area contributed by atoms with Crippen LogP contribution in [0.25, 0.3) is 0 Å². The van der Waals surface area contributed by atoms with E-state index in [-0.39, 0.29) is 11.5 Å². The Kier molecular flexibility index (Phi) is 3.37. The summed E-state index contributed by atoms with van der Waals surface area (Å²) in [7, 11) is 1.92. The minimum Gasteiger partial charge on any atom is -0.393 e. The molecular weight excluding hydrogens is 244 g/mol. The molecule has 0 saturated heterocycles. The number of aryl methyl sites for hydroxylation is 1. The topological polar surface area (TPSA) is 38.1 Å². The van der Waals surface area contributed by atoms with Crippen molar-refractivity contribution in [2.45, 2.75) is 38.7 Å². The van der Waals surface area contributed by atoms with Crippen molar-refractivity contribution in [3.05, 3.63) is 16.4 Å². The van der Waals surface area contributed by atoms with Gasteiger partial charge in [-0.05, 0) is 29.3 Å². The van der Waals surface area contributed by atoms with Crippen LogP contribution in [-0.2, 0) is 12.5 Å². The predicted octanol–water partition coefficient (Wildman–Crippen LogP) is 2.23. The van der Waals surface area contributed by atoms with E-state index in [2.05, 4.69) is 34.9 Å². The zero-order valence-electron chi connectivity index (χ0n) is 9.08. The molecule has 1 N–H and O–H groups in total. The van der Waals surface area contributed by atoms with Gasteiger partial charge in [-0.15, -0.1) is 0 Å². The van der Waals surface area contributed by atoms with Crippen molar-refractivity contribution in [1.82, 2.24) is 9.78 Å². The molecule has 1 rings (SSSR count). The molecular formula is C10H17BrN2O. The molecule has 1 aromatic heterocycles. The first kappa shape index (κ1) is 11.7. The van der Waals surface area contributed by atoms with E-state index in [4.69, 9.17) is 0 Å². The normalized spacial score (nSPS) is 14.4. The third-order valence-corrected chi connectivity index (χ3v) is 2.92. The van der Waals surface area contributed by atoms with Crippen molar-refractivity contribution in [3.8, 4) is 0 Å². The number of aliphatic hydroxyl groups is 1. The second kappa shape index (κ2) is 4.03. The lowest BCUT2D eigenvalue weighted by Crippen LogP contribution is -2.26. The Balaban J connectivity index is 3.02. The smallest absolute Gasteiger partial charge is 0.0635 e. The lowest BCUT2D eigenvalue weighted by molar-refractivity contribution is 0.154. The maximum absolute atomic E-state index is 9.42. The molecule has 0 aliphatic rings. The van der Waals surface area contributed by atoms with Crippen molar-refractivity contribution in [2.75, 3.05) is 0 Å². The highest BCUT2D eigenvalue weighted by atomic mass is 79.9. The van der Waals surface area contributed by atoms with E-state index in [1.807, 2.05) is 18.7 Å². The molecule has 80 valence electrons. The van der Waals surface area contributed by atoms with Crippen molar-refractivity contribution >= 4 is 15.9 Å². The van der Waals surface area contributed by atoms with Crippen LogP contribution >= 0.6 is 15.9 Å². The number of hydrogen-bond acceptors (Lipinski definition) is 2. The van der Waals surface area contributed by atoms with E-state index in [0.29, 0.717) is 0 Å². The molecule has 3 nitrogen and oxygen atoms in total. The number of hydrogen-bond donors (Lipinski definition) is 1. The van der Waals surface area contributed by atoms with Crippen LogP contribution in [0.2, 0.25) is 0 Å². The van der Waals surface area contributed by atoms with Crippen molar-refractivity contribution in [2.24, 2.45) is 7.05 Å². The van der Waals surface area contributed by atoms with Crippen LogP contribution in [0.1, 0.15) is 32.9 Å². The molecule has 0 fully saturated rings. The molecule has 0 spiro atoms. The fraction of sp³-hybridized carbons (Fsp3) is 0.700. The fourth-order valence-electron chi connectivity index (χ4n) is 2.01. The number of nitrogens with zero attached hydrogens (tertiary/aromatic N) is 2. The van der Waals surface area contributed by atoms with Gasteiger partial charge in [-0.25, -0.2) is 0 Å². The van der Waals surface area contributed by atoms with E-state index in [9.17, 15) is 5.11 Å². The van der Waals surface area contributed by atoms with Gasteiger partial charge in [-0.1, -0.05) is 13.8 Å². The van der Waals surface area contributed by atoms with Gasteiger partial charge >= 0.3 is 0 Å². The summed E-state index contributed by atoms with van der Waals surface area (Å²) in [6.07, 6.45) is 2.22. The maximum atomic E-state index is 9.42. The summed E-state index contributed by atoms with van der Waals surface area (Å²) in [4.78, 5) is 0. The quantitative estimate of drug-likeness (QED) is 0.906. The molecule has 0 aliphatic carbocycles. The number of rotatable bonds is 3. The third-order valence-electron chi connectivity index (χ3n) is 2.34. The molecule has 0 amide bonds. The average Bonchev–Trinajstić information content (AvgIpc) is 2.27. The first-order chi connectivity index (χ1) is 6.34. The molecule has 1 unspecified atom stereocenters. The monoisotopic (exact) mass is 260 g/mol. The van der Waals surface area contributed by atoms with Gasteiger partial charge in [0.1, 0.15) is 0 Å². The Morgan fingerprint density at radius 1 is 1.64 bits per heavy atom.